The van der Waals surface area contributed by atoms with E-state index < -0.39 is 11.9 Å². The molecule has 0 bridgehead atoms. The van der Waals surface area contributed by atoms with Crippen LogP contribution in [-0.2, 0) is 26.1 Å². The number of carboxylic acid groups (broad SMARTS) is 2. The second kappa shape index (κ2) is 27.6. The number of ketones is 2. The van der Waals surface area contributed by atoms with Crippen molar-refractivity contribution in [3.8, 4) is 56.9 Å². The van der Waals surface area contributed by atoms with Crippen molar-refractivity contribution in [2.45, 2.75) is 45.8 Å². The van der Waals surface area contributed by atoms with Gasteiger partial charge in [0, 0.05) is 93.3 Å². The maximum absolute atomic E-state index is 13.4. The minimum atomic E-state index is -1.12. The molecular weight excluding hydrogens is 1190 g/mol. The molecule has 0 atom stereocenters. The number of Topliss-reactive ketones (excluding diaryl/α,β-unsaturated/α-hetero) is 2. The number of ether oxygens (including phenoxy) is 2. The maximum atomic E-state index is 13.4. The first-order valence-electron chi connectivity index (χ1n) is 27.8. The fraction of sp³-hybridized carbons (Fsp3) is 0.101. The molecular formula is C69H57Cl2N9O10. The summed E-state index contributed by atoms with van der Waals surface area (Å²) < 4.78 is 23.4. The van der Waals surface area contributed by atoms with Gasteiger partial charge in [0.25, 0.3) is 0 Å². The minimum Gasteiger partial charge on any atom is -1.00 e. The Labute approximate surface area is 526 Å². The van der Waals surface area contributed by atoms with E-state index in [4.69, 9.17) is 46.3 Å². The quantitative estimate of drug-likeness (QED) is 0.0369. The highest BCUT2D eigenvalue weighted by Gasteiger charge is 2.26. The minimum absolute atomic E-state index is 0. The number of aromatic carboxylic acids is 2. The standard InChI is InChI=1S/C35H28N4O5.C34H27N5O5.2ClH/c1-20-2-10-26-30(16-20)44-31-18-24(36)9-12-27(31)33(26)25-11-8-23(17-28(25)34(41)42)29(40)13-7-21-3-5-22(6-4-21)19-43-35-38-15-14-32(37)39-35;35-22-7-10-25-29(16-22)44-30-17-23(36)8-11-26(30)32(25)27-15-21(6-9-24(27)33(41)42)28(40)12-5-19-1-3-20(4-2-19)18-43-34-38-14-13-31(37)39-34;;/h2-6,8-12,14-18,36H,7,13,19H2,1H3,(H,41,42)(H2,37,38,39);1-4,6-11,13-17,35H,5,12,18,36H2,(H,41,42)(H2,37,38,39);2*1H. The van der Waals surface area contributed by atoms with Crippen molar-refractivity contribution in [1.29, 1.82) is 0 Å². The summed E-state index contributed by atoms with van der Waals surface area (Å²) >= 11 is 0. The number of hydrogen-bond donors (Lipinski definition) is 7. The van der Waals surface area contributed by atoms with Crippen molar-refractivity contribution in [3.63, 3.8) is 0 Å². The third-order valence-electron chi connectivity index (χ3n) is 14.7. The normalized spacial score (nSPS) is 10.9. The number of rotatable bonds is 18. The van der Waals surface area contributed by atoms with Gasteiger partial charge in [-0.15, -0.1) is 0 Å². The van der Waals surface area contributed by atoms with E-state index in [2.05, 4.69) is 19.9 Å². The summed E-state index contributed by atoms with van der Waals surface area (Å²) in [5.74, 6) is -0.816. The highest BCUT2D eigenvalue weighted by atomic mass is 35.5. The molecule has 4 aliphatic rings. The summed E-state index contributed by atoms with van der Waals surface area (Å²) in [6, 6.07) is 50.0. The molecule has 0 spiro atoms. The van der Waals surface area contributed by atoms with Gasteiger partial charge in [0.05, 0.1) is 23.3 Å². The third-order valence-corrected chi connectivity index (χ3v) is 14.7. The summed E-state index contributed by atoms with van der Waals surface area (Å²) in [6.07, 6.45) is 4.52. The van der Waals surface area contributed by atoms with Gasteiger partial charge in [-0.05, 0) is 119 Å². The van der Waals surface area contributed by atoms with E-state index >= 15 is 0 Å². The SMILES string of the molecule is Cc1ccc2c(-c3ccc(C(=O)CCc4ccc(COc5nccc(N)n5)cc4)cc3C(=O)O)c3ccc(=[NH2+])cc-3oc2c1.Nc1ccc2c(-c3cc(C(=O)CCc4ccc(COc5nccc(N)n5)cc4)ccc3C(=O)O)c3ccc(=[NH2+])cc-3oc2c1.[Cl-].[Cl-]. The Morgan fingerprint density at radius 1 is 0.478 bits per heavy atom. The van der Waals surface area contributed by atoms with Gasteiger partial charge in [-0.3, -0.25) is 20.4 Å². The second-order valence-electron chi connectivity index (χ2n) is 20.9. The molecule has 19 nitrogen and oxygen atoms in total. The average Bonchev–Trinajstić information content (AvgIpc) is 0.772. The molecule has 2 aromatic heterocycles. The molecule has 90 heavy (non-hydrogen) atoms. The van der Waals surface area contributed by atoms with Crippen molar-refractivity contribution >= 4 is 62.8 Å². The van der Waals surface area contributed by atoms with Crippen molar-refractivity contribution in [3.05, 3.63) is 243 Å². The zero-order valence-electron chi connectivity index (χ0n) is 48.2. The molecule has 0 fully saturated rings. The summed E-state index contributed by atoms with van der Waals surface area (Å²) in [4.78, 5) is 67.6. The van der Waals surface area contributed by atoms with E-state index in [0.717, 1.165) is 38.8 Å². The lowest BCUT2D eigenvalue weighted by molar-refractivity contribution is -0.173. The molecule has 21 heteroatoms. The Morgan fingerprint density at radius 2 is 0.933 bits per heavy atom. The number of carbonyl (C=O) groups excluding carboxylic acids is 2. The number of nitrogens with two attached hydrogens (primary N) is 5. The number of halogens is 2. The van der Waals surface area contributed by atoms with Crippen molar-refractivity contribution < 1.29 is 83.3 Å². The fourth-order valence-electron chi connectivity index (χ4n) is 10.3. The van der Waals surface area contributed by atoms with Gasteiger partial charge in [-0.1, -0.05) is 78.9 Å². The Bertz CT molecular complexity index is 4750. The van der Waals surface area contributed by atoms with Crippen LogP contribution in [0.4, 0.5) is 17.3 Å². The topological polar surface area (TPSA) is 334 Å². The first-order valence-corrected chi connectivity index (χ1v) is 27.8. The number of aromatic nitrogens is 4. The zero-order chi connectivity index (χ0) is 61.6. The summed E-state index contributed by atoms with van der Waals surface area (Å²) in [5.41, 5.74) is 28.2. The molecule has 12 N–H and O–H groups in total. The molecule has 12 rings (SSSR count). The van der Waals surface area contributed by atoms with E-state index in [1.165, 1.54) is 24.5 Å². The van der Waals surface area contributed by atoms with Crippen LogP contribution in [0.2, 0.25) is 0 Å². The van der Waals surface area contributed by atoms with E-state index in [0.29, 0.717) is 108 Å². The summed E-state index contributed by atoms with van der Waals surface area (Å²) in [6.45, 7) is 2.51. The second-order valence-corrected chi connectivity index (χ2v) is 20.9. The van der Waals surface area contributed by atoms with Crippen LogP contribution in [0.3, 0.4) is 0 Å². The van der Waals surface area contributed by atoms with Gasteiger partial charge >= 0.3 is 24.0 Å². The van der Waals surface area contributed by atoms with Crippen LogP contribution in [0.25, 0.3) is 66.8 Å². The highest BCUT2D eigenvalue weighted by Crippen LogP contribution is 2.44. The average molecular weight is 1240 g/mol. The van der Waals surface area contributed by atoms with Crippen LogP contribution in [0, 0.1) is 6.92 Å². The number of nitrogen functional groups attached to an aromatic ring is 3. The van der Waals surface area contributed by atoms with Crippen LogP contribution < -0.4 is 73.0 Å². The Balaban J connectivity index is 0.000000209. The van der Waals surface area contributed by atoms with Crippen LogP contribution in [0.5, 0.6) is 12.0 Å². The van der Waals surface area contributed by atoms with Gasteiger partial charge in [0.1, 0.15) is 47.5 Å². The number of anilines is 3. The Kier molecular flexibility index (Phi) is 19.4. The number of carboxylic acids is 2. The lowest BCUT2D eigenvalue weighted by Gasteiger charge is -2.17. The number of nitrogens with zero attached hydrogens (tertiary/aromatic N) is 4. The van der Waals surface area contributed by atoms with E-state index in [-0.39, 0.29) is 85.6 Å². The molecule has 8 aromatic rings. The largest absolute Gasteiger partial charge is 1.00 e. The molecule has 0 radical (unpaired) electrons. The molecule has 6 aromatic carbocycles. The predicted octanol–water partition coefficient (Wildman–Crippen LogP) is 2.56. The lowest BCUT2D eigenvalue weighted by Crippen LogP contribution is -3.00. The number of fused-ring (bicyclic) bond motifs is 4. The van der Waals surface area contributed by atoms with Crippen molar-refractivity contribution in [1.82, 2.24) is 19.9 Å². The first kappa shape index (κ1) is 63.2. The van der Waals surface area contributed by atoms with E-state index in [1.807, 2.05) is 79.7 Å². The molecule has 452 valence electrons. The Hall–Kier alpha value is -11.3. The van der Waals surface area contributed by atoms with Gasteiger partial charge < -0.3 is 70.5 Å². The molecule has 0 amide bonds. The fourth-order valence-corrected chi connectivity index (χ4v) is 10.3. The predicted molar refractivity (Wildman–Crippen MR) is 329 cm³/mol. The molecule has 0 saturated carbocycles. The van der Waals surface area contributed by atoms with Crippen LogP contribution in [0.1, 0.15) is 82.1 Å². The molecule has 0 unspecified atom stereocenters. The number of aryl methyl sites for hydroxylation is 3. The smallest absolute Gasteiger partial charge is 0.336 e. The maximum Gasteiger partial charge on any atom is 0.336 e. The van der Waals surface area contributed by atoms with E-state index in [9.17, 15) is 29.4 Å². The van der Waals surface area contributed by atoms with Gasteiger partial charge in [-0.2, -0.15) is 9.97 Å². The number of benzene rings is 8. The number of hydrogen-bond acceptors (Lipinski definition) is 15. The van der Waals surface area contributed by atoms with Crippen LogP contribution in [0.15, 0.2) is 191 Å². The molecule has 4 heterocycles. The molecule has 2 aliphatic carbocycles. The highest BCUT2D eigenvalue weighted by molar-refractivity contribution is 6.11. The molecule has 0 saturated heterocycles. The summed E-state index contributed by atoms with van der Waals surface area (Å²) in [7, 11) is 0. The summed E-state index contributed by atoms with van der Waals surface area (Å²) in [5, 5.41) is 34.9. The zero-order valence-corrected chi connectivity index (χ0v) is 49.7. The molecule has 2 aliphatic heterocycles. The Morgan fingerprint density at radius 3 is 1.44 bits per heavy atom. The van der Waals surface area contributed by atoms with Gasteiger partial charge in [0.2, 0.25) is 0 Å². The van der Waals surface area contributed by atoms with Gasteiger partial charge in [-0.25, -0.2) is 19.6 Å². The van der Waals surface area contributed by atoms with E-state index in [1.54, 1.807) is 84.9 Å². The van der Waals surface area contributed by atoms with Crippen molar-refractivity contribution in [2.75, 3.05) is 17.2 Å². The van der Waals surface area contributed by atoms with Crippen molar-refractivity contribution in [2.24, 2.45) is 0 Å². The number of carbonyl (C=O) groups is 4. The lowest BCUT2D eigenvalue weighted by atomic mass is 9.88. The first-order chi connectivity index (χ1) is 42.5. The third kappa shape index (κ3) is 14.4. The van der Waals surface area contributed by atoms with Crippen LogP contribution >= 0.6 is 0 Å². The monoisotopic (exact) mass is 1240 g/mol. The van der Waals surface area contributed by atoms with Gasteiger partial charge in [0.15, 0.2) is 22.3 Å². The van der Waals surface area contributed by atoms with Crippen LogP contribution in [-0.4, -0.2) is 53.7 Å².